The lowest BCUT2D eigenvalue weighted by Gasteiger charge is -2.25. The van der Waals surface area contributed by atoms with Gasteiger partial charge in [0.25, 0.3) is 0 Å². The van der Waals surface area contributed by atoms with Gasteiger partial charge in [0, 0.05) is 42.5 Å². The van der Waals surface area contributed by atoms with E-state index < -0.39 is 0 Å². The van der Waals surface area contributed by atoms with Crippen LogP contribution in [-0.2, 0) is 6.54 Å². The highest BCUT2D eigenvalue weighted by atomic mass is 19.1. The van der Waals surface area contributed by atoms with Gasteiger partial charge in [0.15, 0.2) is 0 Å². The zero-order valence-corrected chi connectivity index (χ0v) is 21.5. The number of halogens is 1. The van der Waals surface area contributed by atoms with Gasteiger partial charge < -0.3 is 20.3 Å². The summed E-state index contributed by atoms with van der Waals surface area (Å²) in [6.45, 7) is 5.07. The number of nitrogens with zero attached hydrogens (tertiary/aromatic N) is 2. The summed E-state index contributed by atoms with van der Waals surface area (Å²) < 4.78 is 18.9. The highest BCUT2D eigenvalue weighted by Gasteiger charge is 2.16. The Kier molecular flexibility index (Phi) is 8.56. The Labute approximate surface area is 217 Å². The Morgan fingerprint density at radius 1 is 1.08 bits per heavy atom. The van der Waals surface area contributed by atoms with Crippen molar-refractivity contribution in [1.29, 1.82) is 0 Å². The summed E-state index contributed by atoms with van der Waals surface area (Å²) in [6.07, 6.45) is 3.40. The van der Waals surface area contributed by atoms with E-state index in [0.29, 0.717) is 13.1 Å². The first-order chi connectivity index (χ1) is 17.9. The predicted molar refractivity (Wildman–Crippen MR) is 148 cm³/mol. The van der Waals surface area contributed by atoms with Crippen LogP contribution in [0.15, 0.2) is 79.0 Å². The number of hydrogen-bond acceptors (Lipinski definition) is 4. The van der Waals surface area contributed by atoms with Gasteiger partial charge in [-0.3, -0.25) is 4.98 Å². The number of anilines is 2. The van der Waals surface area contributed by atoms with Crippen molar-refractivity contribution in [1.82, 2.24) is 9.88 Å². The van der Waals surface area contributed by atoms with Crippen LogP contribution in [-0.4, -0.2) is 35.6 Å². The molecule has 0 aliphatic heterocycles. The first-order valence-corrected chi connectivity index (χ1v) is 12.5. The van der Waals surface area contributed by atoms with Gasteiger partial charge in [-0.2, -0.15) is 0 Å². The van der Waals surface area contributed by atoms with Crippen LogP contribution in [0, 0.1) is 12.7 Å². The van der Waals surface area contributed by atoms with Gasteiger partial charge in [-0.05, 0) is 68.7 Å². The predicted octanol–water partition coefficient (Wildman–Crippen LogP) is 7.01. The van der Waals surface area contributed by atoms with Crippen molar-refractivity contribution in [3.8, 4) is 5.75 Å². The third-order valence-corrected chi connectivity index (χ3v) is 6.26. The third kappa shape index (κ3) is 7.19. The van der Waals surface area contributed by atoms with Crippen molar-refractivity contribution in [3.05, 3.63) is 95.9 Å². The second kappa shape index (κ2) is 12.2. The van der Waals surface area contributed by atoms with E-state index in [2.05, 4.69) is 22.5 Å². The molecule has 0 saturated heterocycles. The molecule has 1 aromatic heterocycles. The van der Waals surface area contributed by atoms with E-state index >= 15 is 0 Å². The lowest BCUT2D eigenvalue weighted by Crippen LogP contribution is -2.35. The number of carbonyl (C=O) groups is 1. The summed E-state index contributed by atoms with van der Waals surface area (Å²) in [5.74, 6) is 0.479. The zero-order chi connectivity index (χ0) is 26.2. The molecule has 37 heavy (non-hydrogen) atoms. The Bertz CT molecular complexity index is 1330. The molecular weight excluding hydrogens is 467 g/mol. The number of methoxy groups -OCH3 is 1. The van der Waals surface area contributed by atoms with Crippen LogP contribution in [0.25, 0.3) is 10.9 Å². The van der Waals surface area contributed by atoms with E-state index in [1.54, 1.807) is 30.3 Å². The number of carbonyl (C=O) groups excluding carboxylic acids is 1. The van der Waals surface area contributed by atoms with Gasteiger partial charge in [-0.1, -0.05) is 35.9 Å². The average molecular weight is 501 g/mol. The van der Waals surface area contributed by atoms with Crippen LogP contribution in [0.4, 0.5) is 20.6 Å². The van der Waals surface area contributed by atoms with Crippen molar-refractivity contribution >= 4 is 28.3 Å². The molecule has 192 valence electrons. The number of hydrogen-bond donors (Lipinski definition) is 2. The molecule has 0 radical (unpaired) electrons. The molecule has 4 rings (SSSR count). The molecule has 0 aliphatic rings. The summed E-state index contributed by atoms with van der Waals surface area (Å²) in [5.41, 5.74) is 4.56. The fourth-order valence-corrected chi connectivity index (χ4v) is 4.22. The summed E-state index contributed by atoms with van der Waals surface area (Å²) in [4.78, 5) is 19.5. The Morgan fingerprint density at radius 3 is 2.57 bits per heavy atom. The molecule has 3 aromatic carbocycles. The number of pyridine rings is 1. The molecule has 6 nitrogen and oxygen atoms in total. The van der Waals surface area contributed by atoms with Crippen LogP contribution < -0.4 is 15.4 Å². The molecule has 4 aromatic rings. The summed E-state index contributed by atoms with van der Waals surface area (Å²) in [7, 11) is 1.65. The maximum atomic E-state index is 13.4. The monoisotopic (exact) mass is 500 g/mol. The van der Waals surface area contributed by atoms with Crippen LogP contribution in [0.1, 0.15) is 30.9 Å². The van der Waals surface area contributed by atoms with E-state index in [-0.39, 0.29) is 17.9 Å². The van der Waals surface area contributed by atoms with Crippen molar-refractivity contribution in [2.75, 3.05) is 24.3 Å². The maximum Gasteiger partial charge on any atom is 0.322 e. The van der Waals surface area contributed by atoms with Gasteiger partial charge in [-0.15, -0.1) is 0 Å². The van der Waals surface area contributed by atoms with Crippen molar-refractivity contribution in [3.63, 3.8) is 0 Å². The molecule has 1 heterocycles. The Morgan fingerprint density at radius 2 is 1.84 bits per heavy atom. The summed E-state index contributed by atoms with van der Waals surface area (Å²) in [6, 6.07) is 21.8. The lowest BCUT2D eigenvalue weighted by molar-refractivity contribution is 0.207. The Balaban J connectivity index is 1.41. The number of fused-ring (bicyclic) bond motifs is 1. The fraction of sp³-hybridized carbons (Fsp3) is 0.267. The van der Waals surface area contributed by atoms with E-state index in [1.165, 1.54) is 12.1 Å². The highest BCUT2D eigenvalue weighted by molar-refractivity contribution is 5.92. The molecule has 0 fully saturated rings. The SMILES string of the molecule is COc1cc(NC(C)CCCN(Cc2ccc(F)cc2)C(=O)Nc2ccc(C)cc2)c2ncccc2c1. The number of urea groups is 1. The van der Waals surface area contributed by atoms with Gasteiger partial charge in [-0.25, -0.2) is 9.18 Å². The molecule has 0 saturated carbocycles. The molecule has 0 spiro atoms. The maximum absolute atomic E-state index is 13.4. The van der Waals surface area contributed by atoms with Crippen molar-refractivity contribution in [2.24, 2.45) is 0 Å². The summed E-state index contributed by atoms with van der Waals surface area (Å²) in [5, 5.41) is 7.56. The Hall–Kier alpha value is -4.13. The normalized spacial score (nSPS) is 11.7. The number of aryl methyl sites for hydroxylation is 1. The van der Waals surface area contributed by atoms with E-state index in [0.717, 1.165) is 52.0 Å². The molecular formula is C30H33FN4O2. The molecule has 2 amide bonds. The molecule has 0 aliphatic carbocycles. The minimum atomic E-state index is -0.293. The topological polar surface area (TPSA) is 66.5 Å². The van der Waals surface area contributed by atoms with Gasteiger partial charge in [0.05, 0.1) is 18.3 Å². The average Bonchev–Trinajstić information content (AvgIpc) is 2.90. The van der Waals surface area contributed by atoms with Crippen LogP contribution in [0.2, 0.25) is 0 Å². The zero-order valence-electron chi connectivity index (χ0n) is 21.5. The number of benzene rings is 3. The van der Waals surface area contributed by atoms with Gasteiger partial charge in [0.1, 0.15) is 11.6 Å². The van der Waals surface area contributed by atoms with Gasteiger partial charge >= 0.3 is 6.03 Å². The number of rotatable bonds is 10. The van der Waals surface area contributed by atoms with Crippen LogP contribution in [0.3, 0.4) is 0 Å². The summed E-state index contributed by atoms with van der Waals surface area (Å²) >= 11 is 0. The van der Waals surface area contributed by atoms with E-state index in [9.17, 15) is 9.18 Å². The first-order valence-electron chi connectivity index (χ1n) is 12.5. The molecule has 0 bridgehead atoms. The van der Waals surface area contributed by atoms with E-state index in [4.69, 9.17) is 4.74 Å². The number of amides is 2. The minimum absolute atomic E-state index is 0.144. The minimum Gasteiger partial charge on any atom is -0.497 e. The second-order valence-corrected chi connectivity index (χ2v) is 9.28. The molecule has 7 heteroatoms. The lowest BCUT2D eigenvalue weighted by atomic mass is 10.1. The molecule has 1 unspecified atom stereocenters. The smallest absolute Gasteiger partial charge is 0.322 e. The van der Waals surface area contributed by atoms with Crippen molar-refractivity contribution < 1.29 is 13.9 Å². The number of nitrogens with one attached hydrogen (secondary N) is 2. The van der Waals surface area contributed by atoms with Crippen LogP contribution in [0.5, 0.6) is 5.75 Å². The van der Waals surface area contributed by atoms with Crippen LogP contribution >= 0.6 is 0 Å². The van der Waals surface area contributed by atoms with Crippen molar-refractivity contribution in [2.45, 2.75) is 39.3 Å². The quantitative estimate of drug-likeness (QED) is 0.246. The first kappa shape index (κ1) is 25.9. The fourth-order valence-electron chi connectivity index (χ4n) is 4.22. The van der Waals surface area contributed by atoms with Gasteiger partial charge in [0.2, 0.25) is 0 Å². The standard InChI is InChI=1S/C30H33FN4O2/c1-21-8-14-26(15-9-21)34-30(36)35(20-23-10-12-25(31)13-11-23)17-5-6-22(2)33-28-19-27(37-3)18-24-7-4-16-32-29(24)28/h4,7-16,18-19,22,33H,5-6,17,20H2,1-3H3,(H,34,36). The largest absolute Gasteiger partial charge is 0.497 e. The highest BCUT2D eigenvalue weighted by Crippen LogP contribution is 2.28. The number of ether oxygens (including phenoxy) is 1. The third-order valence-electron chi connectivity index (χ3n) is 6.26. The number of aromatic nitrogens is 1. The second-order valence-electron chi connectivity index (χ2n) is 9.28. The molecule has 1 atom stereocenters. The molecule has 2 N–H and O–H groups in total. The van der Waals surface area contributed by atoms with E-state index in [1.807, 2.05) is 55.5 Å².